The van der Waals surface area contributed by atoms with Gasteiger partial charge >= 0.3 is 6.09 Å². The van der Waals surface area contributed by atoms with Gasteiger partial charge in [-0.1, -0.05) is 0 Å². The van der Waals surface area contributed by atoms with Gasteiger partial charge in [0, 0.05) is 31.8 Å². The molecule has 150 valence electrons. The van der Waals surface area contributed by atoms with E-state index in [1.807, 2.05) is 32.9 Å². The Bertz CT molecular complexity index is 622. The minimum atomic E-state index is -0.521. The average molecular weight is 377 g/mol. The van der Waals surface area contributed by atoms with Crippen LogP contribution in [0.15, 0.2) is 18.3 Å². The highest BCUT2D eigenvalue weighted by molar-refractivity contribution is 5.76. The SMILES string of the molecule is CC(C)(C)OC(=O)NCCCC(=O)NCc1ccnc(OC2CCCC2)c1. The third kappa shape index (κ3) is 8.75. The van der Waals surface area contributed by atoms with Crippen LogP contribution in [0.3, 0.4) is 0 Å². The second kappa shape index (κ2) is 10.1. The van der Waals surface area contributed by atoms with Gasteiger partial charge < -0.3 is 20.1 Å². The molecule has 0 bridgehead atoms. The summed E-state index contributed by atoms with van der Waals surface area (Å²) < 4.78 is 11.0. The second-order valence-corrected chi connectivity index (χ2v) is 7.84. The molecular formula is C20H31N3O4. The number of carbonyl (C=O) groups excluding carboxylic acids is 2. The molecule has 0 unspecified atom stereocenters. The summed E-state index contributed by atoms with van der Waals surface area (Å²) >= 11 is 0. The van der Waals surface area contributed by atoms with Crippen molar-refractivity contribution in [2.75, 3.05) is 6.54 Å². The molecule has 1 aromatic rings. The molecule has 0 aromatic carbocycles. The fourth-order valence-electron chi connectivity index (χ4n) is 2.84. The molecule has 2 amide bonds. The largest absolute Gasteiger partial charge is 0.474 e. The van der Waals surface area contributed by atoms with Crippen LogP contribution in [0.5, 0.6) is 5.88 Å². The molecule has 1 heterocycles. The molecule has 1 aliphatic rings. The topological polar surface area (TPSA) is 89.5 Å². The predicted octanol–water partition coefficient (Wildman–Crippen LogP) is 3.32. The number of alkyl carbamates (subject to hydrolysis) is 1. The van der Waals surface area contributed by atoms with E-state index in [2.05, 4.69) is 15.6 Å². The Morgan fingerprint density at radius 3 is 2.67 bits per heavy atom. The van der Waals surface area contributed by atoms with Crippen molar-refractivity contribution in [3.8, 4) is 5.88 Å². The van der Waals surface area contributed by atoms with E-state index in [0.717, 1.165) is 18.4 Å². The molecule has 1 saturated carbocycles. The molecule has 0 atom stereocenters. The Kier molecular flexibility index (Phi) is 7.88. The highest BCUT2D eigenvalue weighted by Gasteiger charge is 2.17. The summed E-state index contributed by atoms with van der Waals surface area (Å²) in [6, 6.07) is 3.74. The summed E-state index contributed by atoms with van der Waals surface area (Å²) in [7, 11) is 0. The smallest absolute Gasteiger partial charge is 0.407 e. The van der Waals surface area contributed by atoms with Crippen LogP contribution in [0.2, 0.25) is 0 Å². The van der Waals surface area contributed by atoms with Gasteiger partial charge in [-0.3, -0.25) is 4.79 Å². The summed E-state index contributed by atoms with van der Waals surface area (Å²) in [5.41, 5.74) is 0.435. The molecule has 0 saturated heterocycles. The van der Waals surface area contributed by atoms with Gasteiger partial charge in [0.15, 0.2) is 0 Å². The maximum Gasteiger partial charge on any atom is 0.407 e. The number of nitrogens with one attached hydrogen (secondary N) is 2. The zero-order valence-electron chi connectivity index (χ0n) is 16.5. The van der Waals surface area contributed by atoms with Crippen LogP contribution in [-0.4, -0.2) is 35.2 Å². The van der Waals surface area contributed by atoms with Gasteiger partial charge in [0.2, 0.25) is 11.8 Å². The zero-order valence-corrected chi connectivity index (χ0v) is 16.5. The number of carbonyl (C=O) groups is 2. The van der Waals surface area contributed by atoms with E-state index in [9.17, 15) is 9.59 Å². The lowest BCUT2D eigenvalue weighted by atomic mass is 10.2. The highest BCUT2D eigenvalue weighted by Crippen LogP contribution is 2.23. The van der Waals surface area contributed by atoms with Crippen LogP contribution < -0.4 is 15.4 Å². The van der Waals surface area contributed by atoms with Crippen LogP contribution >= 0.6 is 0 Å². The third-order valence-electron chi connectivity index (χ3n) is 4.13. The molecule has 1 aliphatic carbocycles. The number of nitrogens with zero attached hydrogens (tertiary/aromatic N) is 1. The van der Waals surface area contributed by atoms with E-state index in [-0.39, 0.29) is 12.0 Å². The molecule has 7 nitrogen and oxygen atoms in total. The van der Waals surface area contributed by atoms with Crippen molar-refractivity contribution < 1.29 is 19.1 Å². The first-order valence-electron chi connectivity index (χ1n) is 9.67. The Balaban J connectivity index is 1.63. The van der Waals surface area contributed by atoms with Crippen molar-refractivity contribution in [1.82, 2.24) is 15.6 Å². The predicted molar refractivity (Wildman–Crippen MR) is 102 cm³/mol. The van der Waals surface area contributed by atoms with E-state index >= 15 is 0 Å². The number of rotatable bonds is 8. The Morgan fingerprint density at radius 2 is 1.96 bits per heavy atom. The van der Waals surface area contributed by atoms with Gasteiger partial charge in [0.05, 0.1) is 0 Å². The molecule has 7 heteroatoms. The minimum Gasteiger partial charge on any atom is -0.474 e. The molecule has 0 spiro atoms. The van der Waals surface area contributed by atoms with Gasteiger partial charge in [-0.05, 0) is 64.5 Å². The Labute approximate surface area is 161 Å². The lowest BCUT2D eigenvalue weighted by Crippen LogP contribution is -2.33. The number of hydrogen-bond acceptors (Lipinski definition) is 5. The minimum absolute atomic E-state index is 0.0592. The first-order valence-corrected chi connectivity index (χ1v) is 9.67. The van der Waals surface area contributed by atoms with Gasteiger partial charge in [-0.25, -0.2) is 9.78 Å². The normalized spacial score (nSPS) is 14.6. The van der Waals surface area contributed by atoms with Crippen molar-refractivity contribution in [1.29, 1.82) is 0 Å². The summed E-state index contributed by atoms with van der Waals surface area (Å²) in [6.07, 6.45) is 6.99. The zero-order chi connectivity index (χ0) is 19.7. The van der Waals surface area contributed by atoms with Gasteiger partial charge in [-0.15, -0.1) is 0 Å². The highest BCUT2D eigenvalue weighted by atomic mass is 16.6. The van der Waals surface area contributed by atoms with Crippen LogP contribution in [0, 0.1) is 0 Å². The second-order valence-electron chi connectivity index (χ2n) is 7.84. The van der Waals surface area contributed by atoms with Crippen LogP contribution in [0.1, 0.15) is 64.9 Å². The molecule has 1 fully saturated rings. The molecule has 1 aromatic heterocycles. The fourth-order valence-corrected chi connectivity index (χ4v) is 2.84. The molecular weight excluding hydrogens is 346 g/mol. The molecule has 2 rings (SSSR count). The van der Waals surface area contributed by atoms with Gasteiger partial charge in [0.25, 0.3) is 0 Å². The number of ether oxygens (including phenoxy) is 2. The lowest BCUT2D eigenvalue weighted by molar-refractivity contribution is -0.121. The van der Waals surface area contributed by atoms with Crippen LogP contribution in [0.4, 0.5) is 4.79 Å². The summed E-state index contributed by atoms with van der Waals surface area (Å²) in [4.78, 5) is 27.7. The number of hydrogen-bond donors (Lipinski definition) is 2. The van der Waals surface area contributed by atoms with Crippen molar-refractivity contribution >= 4 is 12.0 Å². The maximum atomic E-state index is 12.0. The Hall–Kier alpha value is -2.31. The Morgan fingerprint density at radius 1 is 1.22 bits per heavy atom. The third-order valence-corrected chi connectivity index (χ3v) is 4.13. The van der Waals surface area contributed by atoms with E-state index in [1.165, 1.54) is 12.8 Å². The number of pyridine rings is 1. The van der Waals surface area contributed by atoms with Crippen molar-refractivity contribution in [3.05, 3.63) is 23.9 Å². The fraction of sp³-hybridized carbons (Fsp3) is 0.650. The molecule has 0 radical (unpaired) electrons. The number of amides is 2. The van der Waals surface area contributed by atoms with E-state index in [4.69, 9.17) is 9.47 Å². The van der Waals surface area contributed by atoms with E-state index in [0.29, 0.717) is 31.8 Å². The number of aromatic nitrogens is 1. The van der Waals surface area contributed by atoms with E-state index in [1.54, 1.807) is 6.20 Å². The average Bonchev–Trinajstić information content (AvgIpc) is 3.09. The van der Waals surface area contributed by atoms with Crippen molar-refractivity contribution in [2.45, 2.75) is 77.5 Å². The maximum absolute atomic E-state index is 12.0. The standard InChI is InChI=1S/C20H31N3O4/c1-20(2,3)27-19(25)22-11-6-9-17(24)23-14-15-10-12-21-18(13-15)26-16-7-4-5-8-16/h10,12-13,16H,4-9,11,14H2,1-3H3,(H,22,25)(H,23,24). The van der Waals surface area contributed by atoms with Crippen molar-refractivity contribution in [2.24, 2.45) is 0 Å². The van der Waals surface area contributed by atoms with Crippen LogP contribution in [-0.2, 0) is 16.1 Å². The van der Waals surface area contributed by atoms with Crippen LogP contribution in [0.25, 0.3) is 0 Å². The molecule has 2 N–H and O–H groups in total. The summed E-state index contributed by atoms with van der Waals surface area (Å²) in [6.45, 7) is 6.26. The van der Waals surface area contributed by atoms with Gasteiger partial charge in [-0.2, -0.15) is 0 Å². The van der Waals surface area contributed by atoms with Gasteiger partial charge in [0.1, 0.15) is 11.7 Å². The lowest BCUT2D eigenvalue weighted by Gasteiger charge is -2.19. The first kappa shape index (κ1) is 21.0. The summed E-state index contributed by atoms with van der Waals surface area (Å²) in [5, 5.41) is 5.52. The quantitative estimate of drug-likeness (QED) is 0.678. The molecule has 0 aliphatic heterocycles. The molecule has 27 heavy (non-hydrogen) atoms. The van der Waals surface area contributed by atoms with Crippen molar-refractivity contribution in [3.63, 3.8) is 0 Å². The monoisotopic (exact) mass is 377 g/mol. The van der Waals surface area contributed by atoms with E-state index < -0.39 is 11.7 Å². The first-order chi connectivity index (χ1) is 12.8. The summed E-state index contributed by atoms with van der Waals surface area (Å²) in [5.74, 6) is 0.561.